The highest BCUT2D eigenvalue weighted by atomic mass is 32.1. The summed E-state index contributed by atoms with van der Waals surface area (Å²) in [5.41, 5.74) is 5.56. The van der Waals surface area contributed by atoms with Gasteiger partial charge in [0.25, 0.3) is 0 Å². The molecule has 0 saturated heterocycles. The molecule has 0 spiro atoms. The standard InChI is InChI=1S/C11H16N2O3S/c1-7-2-3-8(17-7)6-13-11(16)9(12)4-5-10(14)15/h2-3,9H,4-6,12H2,1H3,(H,13,16)(H,14,15). The number of aliphatic carboxylic acids is 1. The van der Waals surface area contributed by atoms with Crippen molar-refractivity contribution in [2.24, 2.45) is 5.73 Å². The first-order valence-electron chi connectivity index (χ1n) is 5.29. The monoisotopic (exact) mass is 256 g/mol. The van der Waals surface area contributed by atoms with Crippen LogP contribution in [0.25, 0.3) is 0 Å². The van der Waals surface area contributed by atoms with Crippen LogP contribution in [0.5, 0.6) is 0 Å². The maximum Gasteiger partial charge on any atom is 0.303 e. The van der Waals surface area contributed by atoms with Gasteiger partial charge in [0.1, 0.15) is 0 Å². The minimum absolute atomic E-state index is 0.0906. The molecule has 6 heteroatoms. The Hall–Kier alpha value is -1.40. The summed E-state index contributed by atoms with van der Waals surface area (Å²) in [6, 6.07) is 3.17. The maximum absolute atomic E-state index is 11.5. The highest BCUT2D eigenvalue weighted by Crippen LogP contribution is 2.14. The molecule has 4 N–H and O–H groups in total. The first kappa shape index (κ1) is 13.7. The van der Waals surface area contributed by atoms with Crippen molar-refractivity contribution in [2.75, 3.05) is 0 Å². The lowest BCUT2D eigenvalue weighted by Crippen LogP contribution is -2.40. The number of thiophene rings is 1. The number of aryl methyl sites for hydroxylation is 1. The second kappa shape index (κ2) is 6.36. The topological polar surface area (TPSA) is 92.4 Å². The van der Waals surface area contributed by atoms with Gasteiger partial charge in [-0.2, -0.15) is 0 Å². The average molecular weight is 256 g/mol. The number of carbonyl (C=O) groups excluding carboxylic acids is 1. The second-order valence-electron chi connectivity index (χ2n) is 3.77. The number of carbonyl (C=O) groups is 2. The molecule has 1 atom stereocenters. The van der Waals surface area contributed by atoms with Gasteiger partial charge in [0.2, 0.25) is 5.91 Å². The van der Waals surface area contributed by atoms with E-state index < -0.39 is 12.0 Å². The number of amides is 1. The van der Waals surface area contributed by atoms with Gasteiger partial charge < -0.3 is 16.2 Å². The quantitative estimate of drug-likeness (QED) is 0.704. The number of hydrogen-bond donors (Lipinski definition) is 3. The molecule has 94 valence electrons. The molecule has 1 aromatic heterocycles. The molecule has 1 aromatic rings. The first-order valence-corrected chi connectivity index (χ1v) is 6.11. The van der Waals surface area contributed by atoms with Gasteiger partial charge >= 0.3 is 5.97 Å². The van der Waals surface area contributed by atoms with Crippen molar-refractivity contribution in [2.45, 2.75) is 32.4 Å². The summed E-state index contributed by atoms with van der Waals surface area (Å²) in [6.45, 7) is 2.44. The van der Waals surface area contributed by atoms with Gasteiger partial charge in [0, 0.05) is 16.2 Å². The Kier molecular flexibility index (Phi) is 5.11. The van der Waals surface area contributed by atoms with Crippen LogP contribution < -0.4 is 11.1 Å². The summed E-state index contributed by atoms with van der Waals surface area (Å²) in [6.07, 6.45) is 0.0668. The Morgan fingerprint density at radius 3 is 2.76 bits per heavy atom. The van der Waals surface area contributed by atoms with Crippen LogP contribution in [0.15, 0.2) is 12.1 Å². The SMILES string of the molecule is Cc1ccc(CNC(=O)C(N)CCC(=O)O)s1. The fourth-order valence-electron chi connectivity index (χ4n) is 1.30. The number of nitrogens with one attached hydrogen (secondary N) is 1. The zero-order valence-corrected chi connectivity index (χ0v) is 10.4. The third-order valence-electron chi connectivity index (χ3n) is 2.24. The summed E-state index contributed by atoms with van der Waals surface area (Å²) in [7, 11) is 0. The first-order chi connectivity index (χ1) is 7.99. The average Bonchev–Trinajstić information content (AvgIpc) is 2.68. The van der Waals surface area contributed by atoms with Gasteiger partial charge in [0.05, 0.1) is 12.6 Å². The van der Waals surface area contributed by atoms with Crippen molar-refractivity contribution in [3.8, 4) is 0 Å². The van der Waals surface area contributed by atoms with Crippen LogP contribution >= 0.6 is 11.3 Å². The number of carboxylic acids is 1. The van der Waals surface area contributed by atoms with Crippen molar-refractivity contribution in [1.82, 2.24) is 5.32 Å². The molecule has 1 heterocycles. The third kappa shape index (κ3) is 4.97. The zero-order chi connectivity index (χ0) is 12.8. The summed E-state index contributed by atoms with van der Waals surface area (Å²) >= 11 is 1.61. The Labute approximate surface area is 104 Å². The lowest BCUT2D eigenvalue weighted by Gasteiger charge is -2.10. The Bertz CT molecular complexity index is 403. The molecule has 0 bridgehead atoms. The van der Waals surface area contributed by atoms with E-state index in [-0.39, 0.29) is 18.7 Å². The van der Waals surface area contributed by atoms with E-state index in [9.17, 15) is 9.59 Å². The summed E-state index contributed by atoms with van der Waals surface area (Å²) in [5, 5.41) is 11.2. The Morgan fingerprint density at radius 2 is 2.24 bits per heavy atom. The van der Waals surface area contributed by atoms with E-state index in [1.54, 1.807) is 11.3 Å². The van der Waals surface area contributed by atoms with E-state index in [2.05, 4.69) is 5.32 Å². The van der Waals surface area contributed by atoms with Crippen LogP contribution in [0.2, 0.25) is 0 Å². The minimum atomic E-state index is -0.942. The van der Waals surface area contributed by atoms with E-state index in [0.29, 0.717) is 6.54 Å². The van der Waals surface area contributed by atoms with E-state index in [1.807, 2.05) is 19.1 Å². The lowest BCUT2D eigenvalue weighted by molar-refractivity contribution is -0.137. The minimum Gasteiger partial charge on any atom is -0.481 e. The van der Waals surface area contributed by atoms with Crippen LogP contribution in [0.3, 0.4) is 0 Å². The predicted molar refractivity (Wildman–Crippen MR) is 65.7 cm³/mol. The maximum atomic E-state index is 11.5. The highest BCUT2D eigenvalue weighted by molar-refractivity contribution is 7.11. The van der Waals surface area contributed by atoms with E-state index in [1.165, 1.54) is 4.88 Å². The zero-order valence-electron chi connectivity index (χ0n) is 9.60. The highest BCUT2D eigenvalue weighted by Gasteiger charge is 2.14. The molecule has 0 fully saturated rings. The molecule has 0 aliphatic carbocycles. The van der Waals surface area contributed by atoms with Gasteiger partial charge in [-0.3, -0.25) is 9.59 Å². The molecular weight excluding hydrogens is 240 g/mol. The van der Waals surface area contributed by atoms with Crippen molar-refractivity contribution in [1.29, 1.82) is 0 Å². The molecular formula is C11H16N2O3S. The fraction of sp³-hybridized carbons (Fsp3) is 0.455. The van der Waals surface area contributed by atoms with Gasteiger partial charge in [0.15, 0.2) is 0 Å². The van der Waals surface area contributed by atoms with Crippen molar-refractivity contribution >= 4 is 23.2 Å². The normalized spacial score (nSPS) is 12.1. The van der Waals surface area contributed by atoms with Crippen molar-refractivity contribution < 1.29 is 14.7 Å². The smallest absolute Gasteiger partial charge is 0.303 e. The lowest BCUT2D eigenvalue weighted by atomic mass is 10.1. The third-order valence-corrected chi connectivity index (χ3v) is 3.24. The van der Waals surface area contributed by atoms with E-state index >= 15 is 0 Å². The van der Waals surface area contributed by atoms with E-state index in [4.69, 9.17) is 10.8 Å². The number of hydrogen-bond acceptors (Lipinski definition) is 4. The molecule has 0 aliphatic rings. The molecule has 5 nitrogen and oxygen atoms in total. The van der Waals surface area contributed by atoms with Gasteiger partial charge in [-0.05, 0) is 25.5 Å². The van der Waals surface area contributed by atoms with Crippen molar-refractivity contribution in [3.05, 3.63) is 21.9 Å². The summed E-state index contributed by atoms with van der Waals surface area (Å²) in [5.74, 6) is -1.25. The summed E-state index contributed by atoms with van der Waals surface area (Å²) in [4.78, 5) is 24.1. The largest absolute Gasteiger partial charge is 0.481 e. The second-order valence-corrected chi connectivity index (χ2v) is 5.14. The number of nitrogens with two attached hydrogens (primary N) is 1. The van der Waals surface area contributed by atoms with Crippen LogP contribution in [-0.2, 0) is 16.1 Å². The number of rotatable bonds is 6. The van der Waals surface area contributed by atoms with E-state index in [0.717, 1.165) is 4.88 Å². The van der Waals surface area contributed by atoms with Crippen LogP contribution in [0.1, 0.15) is 22.6 Å². The molecule has 0 radical (unpaired) electrons. The molecule has 1 rings (SSSR count). The molecule has 0 aliphatic heterocycles. The fourth-order valence-corrected chi connectivity index (χ4v) is 2.13. The molecule has 1 amide bonds. The summed E-state index contributed by atoms with van der Waals surface area (Å²) < 4.78 is 0. The van der Waals surface area contributed by atoms with Crippen LogP contribution in [-0.4, -0.2) is 23.0 Å². The van der Waals surface area contributed by atoms with Gasteiger partial charge in [-0.25, -0.2) is 0 Å². The molecule has 0 saturated carbocycles. The van der Waals surface area contributed by atoms with Crippen LogP contribution in [0, 0.1) is 6.92 Å². The van der Waals surface area contributed by atoms with Gasteiger partial charge in [-0.1, -0.05) is 0 Å². The Balaban J connectivity index is 2.31. The predicted octanol–water partition coefficient (Wildman–Crippen LogP) is 0.865. The van der Waals surface area contributed by atoms with Crippen molar-refractivity contribution in [3.63, 3.8) is 0 Å². The molecule has 17 heavy (non-hydrogen) atoms. The molecule has 0 aromatic carbocycles. The Morgan fingerprint density at radius 1 is 1.53 bits per heavy atom. The molecule has 1 unspecified atom stereocenters. The number of carboxylic acid groups (broad SMARTS) is 1. The van der Waals surface area contributed by atoms with Crippen LogP contribution in [0.4, 0.5) is 0 Å². The van der Waals surface area contributed by atoms with Gasteiger partial charge in [-0.15, -0.1) is 11.3 Å².